The summed E-state index contributed by atoms with van der Waals surface area (Å²) in [7, 11) is 0. The molecule has 6 nitrogen and oxygen atoms in total. The van der Waals surface area contributed by atoms with Crippen molar-refractivity contribution in [2.75, 3.05) is 36.8 Å². The van der Waals surface area contributed by atoms with E-state index in [9.17, 15) is 10.2 Å². The van der Waals surface area contributed by atoms with Gasteiger partial charge in [0.05, 0.1) is 12.2 Å². The van der Waals surface area contributed by atoms with Crippen LogP contribution in [0.3, 0.4) is 0 Å². The molecule has 0 spiro atoms. The lowest BCUT2D eigenvalue weighted by atomic mass is 10.1. The fraction of sp³-hybridized carbons (Fsp3) is 1.00. The molecule has 1 saturated heterocycles. The second-order valence-corrected chi connectivity index (χ2v) is 5.22. The Kier molecular flexibility index (Phi) is 12.0. The van der Waals surface area contributed by atoms with Gasteiger partial charge in [-0.15, -0.1) is 0 Å². The molecule has 1 fully saturated rings. The zero-order valence-electron chi connectivity index (χ0n) is 10.1. The molecule has 1 heterocycles. The number of hydrogen-bond donors (Lipinski definition) is 6. The highest BCUT2D eigenvalue weighted by Crippen LogP contribution is 2.08. The average Bonchev–Trinajstić information content (AvgIpc) is 2.46. The van der Waals surface area contributed by atoms with E-state index < -0.39 is 24.4 Å². The third kappa shape index (κ3) is 8.00. The van der Waals surface area contributed by atoms with Gasteiger partial charge in [-0.3, -0.25) is 0 Å². The first-order valence-corrected chi connectivity index (χ1v) is 8.04. The van der Waals surface area contributed by atoms with Crippen LogP contribution in [0.1, 0.15) is 0 Å². The minimum Gasteiger partial charge on any atom is -0.389 e. The minimum absolute atomic E-state index is 0.153. The SMILES string of the molecule is C1CNCCN1.OC(CBr)C(O)C(O)C(O)CBr. The molecule has 4 unspecified atom stereocenters. The molecule has 8 heteroatoms. The van der Waals surface area contributed by atoms with Crippen LogP contribution in [0.2, 0.25) is 0 Å². The van der Waals surface area contributed by atoms with Crippen molar-refractivity contribution in [1.29, 1.82) is 0 Å². The van der Waals surface area contributed by atoms with Gasteiger partial charge in [0.1, 0.15) is 12.2 Å². The number of halogens is 2. The second-order valence-electron chi connectivity index (χ2n) is 3.92. The van der Waals surface area contributed by atoms with Gasteiger partial charge in [-0.1, -0.05) is 31.9 Å². The Labute approximate surface area is 124 Å². The fourth-order valence-corrected chi connectivity index (χ4v) is 2.01. The van der Waals surface area contributed by atoms with Crippen LogP contribution in [-0.2, 0) is 0 Å². The summed E-state index contributed by atoms with van der Waals surface area (Å²) in [5.41, 5.74) is 0. The molecule has 18 heavy (non-hydrogen) atoms. The third-order valence-electron chi connectivity index (χ3n) is 2.41. The maximum atomic E-state index is 9.18. The van der Waals surface area contributed by atoms with Crippen molar-refractivity contribution >= 4 is 31.9 Å². The number of aliphatic hydroxyl groups excluding tert-OH is 4. The molecule has 1 aliphatic rings. The molecule has 110 valence electrons. The molecule has 4 atom stereocenters. The van der Waals surface area contributed by atoms with Crippen molar-refractivity contribution < 1.29 is 20.4 Å². The van der Waals surface area contributed by atoms with E-state index in [2.05, 4.69) is 42.5 Å². The zero-order valence-corrected chi connectivity index (χ0v) is 13.3. The van der Waals surface area contributed by atoms with Gasteiger partial charge in [-0.25, -0.2) is 0 Å². The van der Waals surface area contributed by atoms with Gasteiger partial charge >= 0.3 is 0 Å². The van der Waals surface area contributed by atoms with Gasteiger partial charge in [0.2, 0.25) is 0 Å². The van der Waals surface area contributed by atoms with E-state index in [1.54, 1.807) is 0 Å². The minimum atomic E-state index is -1.34. The number of alkyl halides is 2. The third-order valence-corrected chi connectivity index (χ3v) is 3.74. The predicted octanol–water partition coefficient (Wildman–Crippen LogP) is -1.60. The van der Waals surface area contributed by atoms with E-state index in [0.29, 0.717) is 0 Å². The van der Waals surface area contributed by atoms with Crippen LogP contribution in [0, 0.1) is 0 Å². The van der Waals surface area contributed by atoms with Crippen LogP contribution in [0.4, 0.5) is 0 Å². The summed E-state index contributed by atoms with van der Waals surface area (Å²) in [6.07, 6.45) is -4.82. The number of nitrogens with one attached hydrogen (secondary N) is 2. The number of piperazine rings is 1. The van der Waals surface area contributed by atoms with Crippen molar-refractivity contribution in [3.63, 3.8) is 0 Å². The Bertz CT molecular complexity index is 173. The zero-order chi connectivity index (χ0) is 14.0. The first-order chi connectivity index (χ1) is 8.54. The van der Waals surface area contributed by atoms with Crippen LogP contribution >= 0.6 is 31.9 Å². The molecular formula is C10H22Br2N2O4. The molecule has 6 N–H and O–H groups in total. The second kappa shape index (κ2) is 11.5. The van der Waals surface area contributed by atoms with Gasteiger partial charge in [0.15, 0.2) is 0 Å². The van der Waals surface area contributed by atoms with E-state index in [1.165, 1.54) is 0 Å². The molecule has 0 saturated carbocycles. The Morgan fingerprint density at radius 1 is 0.722 bits per heavy atom. The van der Waals surface area contributed by atoms with Gasteiger partial charge in [-0.2, -0.15) is 0 Å². The highest BCUT2D eigenvalue weighted by Gasteiger charge is 2.28. The maximum absolute atomic E-state index is 9.18. The first-order valence-electron chi connectivity index (χ1n) is 5.80. The number of hydrogen-bond acceptors (Lipinski definition) is 6. The lowest BCUT2D eigenvalue weighted by molar-refractivity contribution is -0.0916. The summed E-state index contributed by atoms with van der Waals surface area (Å²) in [6.45, 7) is 4.56. The molecule has 0 aromatic carbocycles. The Balaban J connectivity index is 0.000000397. The predicted molar refractivity (Wildman–Crippen MR) is 77.4 cm³/mol. The molecule has 0 radical (unpaired) electrons. The summed E-state index contributed by atoms with van der Waals surface area (Å²) in [4.78, 5) is 0. The largest absolute Gasteiger partial charge is 0.389 e. The van der Waals surface area contributed by atoms with E-state index in [1.807, 2.05) is 0 Å². The van der Waals surface area contributed by atoms with E-state index >= 15 is 0 Å². The van der Waals surface area contributed by atoms with Crippen molar-refractivity contribution in [2.24, 2.45) is 0 Å². The van der Waals surface area contributed by atoms with Crippen molar-refractivity contribution in [3.05, 3.63) is 0 Å². The highest BCUT2D eigenvalue weighted by molar-refractivity contribution is 9.09. The fourth-order valence-electron chi connectivity index (χ4n) is 1.24. The van der Waals surface area contributed by atoms with Crippen molar-refractivity contribution in [2.45, 2.75) is 24.4 Å². The lowest BCUT2D eigenvalue weighted by Crippen LogP contribution is -2.45. The molecule has 0 bridgehead atoms. The molecule has 0 aromatic heterocycles. The monoisotopic (exact) mass is 392 g/mol. The quantitative estimate of drug-likeness (QED) is 0.314. The molecule has 1 rings (SSSR count). The van der Waals surface area contributed by atoms with Gasteiger partial charge in [0.25, 0.3) is 0 Å². The summed E-state index contributed by atoms with van der Waals surface area (Å²) in [5.74, 6) is 0. The maximum Gasteiger partial charge on any atom is 0.109 e. The van der Waals surface area contributed by atoms with Crippen LogP contribution < -0.4 is 10.6 Å². The topological polar surface area (TPSA) is 105 Å². The number of rotatable bonds is 5. The Hall–Kier alpha value is 0.720. The van der Waals surface area contributed by atoms with E-state index in [4.69, 9.17) is 10.2 Å². The average molecular weight is 394 g/mol. The number of aliphatic hydroxyl groups is 4. The Morgan fingerprint density at radius 2 is 1.00 bits per heavy atom. The smallest absolute Gasteiger partial charge is 0.109 e. The van der Waals surface area contributed by atoms with Gasteiger partial charge in [0, 0.05) is 36.8 Å². The van der Waals surface area contributed by atoms with Gasteiger partial charge in [-0.05, 0) is 0 Å². The van der Waals surface area contributed by atoms with Crippen LogP contribution in [0.25, 0.3) is 0 Å². The molecule has 1 aliphatic heterocycles. The molecule has 0 aromatic rings. The normalized spacial score (nSPS) is 22.3. The van der Waals surface area contributed by atoms with Crippen LogP contribution in [-0.4, -0.2) is 81.7 Å². The lowest BCUT2D eigenvalue weighted by Gasteiger charge is -2.24. The molecule has 0 aliphatic carbocycles. The van der Waals surface area contributed by atoms with Gasteiger partial charge < -0.3 is 31.1 Å². The van der Waals surface area contributed by atoms with E-state index in [0.717, 1.165) is 26.2 Å². The van der Waals surface area contributed by atoms with E-state index in [-0.39, 0.29) is 10.7 Å². The van der Waals surface area contributed by atoms with Crippen molar-refractivity contribution in [1.82, 2.24) is 10.6 Å². The van der Waals surface area contributed by atoms with Crippen molar-refractivity contribution in [3.8, 4) is 0 Å². The standard InChI is InChI=1S/C6H12Br2O4.C4H10N2/c7-1-3(9)5(11)6(12)4(10)2-8;1-2-6-4-3-5-1/h3-6,9-12H,1-2H2;5-6H,1-4H2. The molecule has 0 amide bonds. The first kappa shape index (κ1) is 18.7. The summed E-state index contributed by atoms with van der Waals surface area (Å²) < 4.78 is 0. The Morgan fingerprint density at radius 3 is 1.17 bits per heavy atom. The molecular weight excluding hydrogens is 372 g/mol. The summed E-state index contributed by atoms with van der Waals surface area (Å²) in [5, 5.41) is 43.2. The summed E-state index contributed by atoms with van der Waals surface area (Å²) in [6, 6.07) is 0. The highest BCUT2D eigenvalue weighted by atomic mass is 79.9. The van der Waals surface area contributed by atoms with Crippen LogP contribution in [0.5, 0.6) is 0 Å². The van der Waals surface area contributed by atoms with Crippen LogP contribution in [0.15, 0.2) is 0 Å². The summed E-state index contributed by atoms with van der Waals surface area (Å²) >= 11 is 5.88.